The molecular weight excluding hydrogens is 516 g/mol. The van der Waals surface area contributed by atoms with E-state index in [0.29, 0.717) is 0 Å². The molecule has 0 heteroatoms. The highest BCUT2D eigenvalue weighted by Gasteiger charge is 2.06. The SMILES string of the molecule is CCCCCCCCC(C)CCCCCCC(C)CCCCCCCC(C)CCCCCCCC(C)CCCCCCC. The lowest BCUT2D eigenvalue weighted by atomic mass is 9.93. The molecule has 0 nitrogen and oxygen atoms in total. The molecule has 0 N–H and O–H groups in total. The van der Waals surface area contributed by atoms with Gasteiger partial charge in [-0.05, 0) is 23.7 Å². The summed E-state index contributed by atoms with van der Waals surface area (Å²) in [5.41, 5.74) is 0. The third-order valence-corrected chi connectivity index (χ3v) is 10.8. The molecule has 0 aromatic carbocycles. The Hall–Kier alpha value is 0. The van der Waals surface area contributed by atoms with Crippen LogP contribution in [0.15, 0.2) is 0 Å². The molecule has 0 aliphatic rings. The van der Waals surface area contributed by atoms with Gasteiger partial charge in [-0.1, -0.05) is 253 Å². The smallest absolute Gasteiger partial charge is 0.0443 e. The average Bonchev–Trinajstić information content (AvgIpc) is 2.99. The highest BCUT2D eigenvalue weighted by molar-refractivity contribution is 4.60. The number of hydrogen-bond donors (Lipinski definition) is 0. The maximum Gasteiger partial charge on any atom is -0.0443 e. The van der Waals surface area contributed by atoms with E-state index in [4.69, 9.17) is 0 Å². The minimum Gasteiger partial charge on any atom is -0.0654 e. The molecule has 4 unspecified atom stereocenters. The summed E-state index contributed by atoms with van der Waals surface area (Å²) in [6.45, 7) is 14.6. The van der Waals surface area contributed by atoms with Crippen molar-refractivity contribution in [2.45, 2.75) is 253 Å². The first-order chi connectivity index (χ1) is 21.0. The standard InChI is InChI=1S/C43H88/c1-7-9-11-13-17-25-33-42(5)38-30-22-23-31-39-43(6)37-29-21-15-20-28-36-41(4)35-27-19-14-18-26-34-40(3)32-24-16-12-10-8-2/h40-43H,7-39H2,1-6H3. The lowest BCUT2D eigenvalue weighted by Gasteiger charge is -2.13. The Bertz CT molecular complexity index is 494. The van der Waals surface area contributed by atoms with Gasteiger partial charge < -0.3 is 0 Å². The molecule has 0 saturated heterocycles. The van der Waals surface area contributed by atoms with Crippen molar-refractivity contribution >= 4 is 0 Å². The Morgan fingerprint density at radius 2 is 0.349 bits per heavy atom. The third kappa shape index (κ3) is 34.7. The molecule has 0 bridgehead atoms. The van der Waals surface area contributed by atoms with Gasteiger partial charge >= 0.3 is 0 Å². The molecule has 0 fully saturated rings. The first-order valence-corrected chi connectivity index (χ1v) is 21.0. The van der Waals surface area contributed by atoms with E-state index < -0.39 is 0 Å². The van der Waals surface area contributed by atoms with Gasteiger partial charge in [-0.25, -0.2) is 0 Å². The second-order valence-electron chi connectivity index (χ2n) is 15.9. The molecule has 0 aliphatic carbocycles. The molecule has 0 saturated carbocycles. The predicted octanol–water partition coefficient (Wildman–Crippen LogP) is 16.4. The molecule has 0 aromatic rings. The lowest BCUT2D eigenvalue weighted by Crippen LogP contribution is -1.97. The fraction of sp³-hybridized carbons (Fsp3) is 1.00. The van der Waals surface area contributed by atoms with Crippen LogP contribution in [0.25, 0.3) is 0 Å². The molecule has 260 valence electrons. The number of rotatable bonds is 36. The first kappa shape index (κ1) is 43.0. The van der Waals surface area contributed by atoms with Gasteiger partial charge in [0.1, 0.15) is 0 Å². The average molecular weight is 605 g/mol. The van der Waals surface area contributed by atoms with Gasteiger partial charge in [0.05, 0.1) is 0 Å². The normalized spacial score (nSPS) is 14.7. The van der Waals surface area contributed by atoms with Crippen molar-refractivity contribution in [1.29, 1.82) is 0 Å². The summed E-state index contributed by atoms with van der Waals surface area (Å²) >= 11 is 0. The maximum atomic E-state index is 2.52. The fourth-order valence-corrected chi connectivity index (χ4v) is 7.32. The van der Waals surface area contributed by atoms with E-state index in [1.165, 1.54) is 212 Å². The van der Waals surface area contributed by atoms with Crippen molar-refractivity contribution in [3.8, 4) is 0 Å². The van der Waals surface area contributed by atoms with Crippen molar-refractivity contribution in [1.82, 2.24) is 0 Å². The molecule has 4 atom stereocenters. The van der Waals surface area contributed by atoms with Crippen LogP contribution in [0.5, 0.6) is 0 Å². The maximum absolute atomic E-state index is 2.52. The Kier molecular flexibility index (Phi) is 34.9. The molecule has 43 heavy (non-hydrogen) atoms. The van der Waals surface area contributed by atoms with Crippen LogP contribution in [0.1, 0.15) is 253 Å². The van der Waals surface area contributed by atoms with Crippen molar-refractivity contribution in [3.63, 3.8) is 0 Å². The van der Waals surface area contributed by atoms with Gasteiger partial charge in [0.25, 0.3) is 0 Å². The van der Waals surface area contributed by atoms with Crippen molar-refractivity contribution in [3.05, 3.63) is 0 Å². The Balaban J connectivity index is 3.36. The zero-order valence-corrected chi connectivity index (χ0v) is 31.6. The lowest BCUT2D eigenvalue weighted by molar-refractivity contribution is 0.407. The zero-order valence-electron chi connectivity index (χ0n) is 31.6. The second kappa shape index (κ2) is 34.9. The van der Waals surface area contributed by atoms with E-state index in [9.17, 15) is 0 Å². The van der Waals surface area contributed by atoms with Crippen LogP contribution in [0, 0.1) is 23.7 Å². The number of unbranched alkanes of at least 4 members (excludes halogenated alkanes) is 20. The molecule has 0 spiro atoms. The topological polar surface area (TPSA) is 0 Å². The van der Waals surface area contributed by atoms with Crippen molar-refractivity contribution < 1.29 is 0 Å². The summed E-state index contributed by atoms with van der Waals surface area (Å²) in [4.78, 5) is 0. The second-order valence-corrected chi connectivity index (χ2v) is 15.9. The van der Waals surface area contributed by atoms with Crippen LogP contribution in [0.4, 0.5) is 0 Å². The molecule has 0 amide bonds. The highest BCUT2D eigenvalue weighted by atomic mass is 14.1. The molecule has 0 radical (unpaired) electrons. The molecular formula is C43H88. The summed E-state index contributed by atoms with van der Waals surface area (Å²) in [5.74, 6) is 3.83. The van der Waals surface area contributed by atoms with Crippen LogP contribution in [0.2, 0.25) is 0 Å². The van der Waals surface area contributed by atoms with E-state index in [2.05, 4.69) is 41.5 Å². The van der Waals surface area contributed by atoms with Crippen LogP contribution in [0.3, 0.4) is 0 Å². The van der Waals surface area contributed by atoms with E-state index in [1.54, 1.807) is 0 Å². The molecule has 0 rings (SSSR count). The van der Waals surface area contributed by atoms with Gasteiger partial charge in [0.15, 0.2) is 0 Å². The summed E-state index contributed by atoms with van der Waals surface area (Å²) < 4.78 is 0. The third-order valence-electron chi connectivity index (χ3n) is 10.8. The van der Waals surface area contributed by atoms with Gasteiger partial charge in [-0.15, -0.1) is 0 Å². The highest BCUT2D eigenvalue weighted by Crippen LogP contribution is 2.23. The minimum absolute atomic E-state index is 0.954. The summed E-state index contributed by atoms with van der Waals surface area (Å²) in [6.07, 6.45) is 48.4. The summed E-state index contributed by atoms with van der Waals surface area (Å²) in [6, 6.07) is 0. The summed E-state index contributed by atoms with van der Waals surface area (Å²) in [7, 11) is 0. The monoisotopic (exact) mass is 605 g/mol. The van der Waals surface area contributed by atoms with Gasteiger partial charge in [0.2, 0.25) is 0 Å². The van der Waals surface area contributed by atoms with E-state index in [0.717, 1.165) is 23.7 Å². The van der Waals surface area contributed by atoms with Crippen LogP contribution >= 0.6 is 0 Å². The van der Waals surface area contributed by atoms with Crippen LogP contribution in [-0.4, -0.2) is 0 Å². The zero-order chi connectivity index (χ0) is 31.6. The van der Waals surface area contributed by atoms with E-state index >= 15 is 0 Å². The van der Waals surface area contributed by atoms with Gasteiger partial charge in [-0.3, -0.25) is 0 Å². The number of hydrogen-bond acceptors (Lipinski definition) is 0. The quantitative estimate of drug-likeness (QED) is 0.0624. The van der Waals surface area contributed by atoms with Crippen LogP contribution < -0.4 is 0 Å². The van der Waals surface area contributed by atoms with Crippen LogP contribution in [-0.2, 0) is 0 Å². The van der Waals surface area contributed by atoms with E-state index in [-0.39, 0.29) is 0 Å². The Morgan fingerprint density at radius 1 is 0.209 bits per heavy atom. The molecule has 0 heterocycles. The Labute approximate surface area is 276 Å². The molecule has 0 aromatic heterocycles. The summed E-state index contributed by atoms with van der Waals surface area (Å²) in [5, 5.41) is 0. The van der Waals surface area contributed by atoms with Crippen molar-refractivity contribution in [2.75, 3.05) is 0 Å². The largest absolute Gasteiger partial charge is 0.0654 e. The Morgan fingerprint density at radius 3 is 0.512 bits per heavy atom. The minimum atomic E-state index is 0.954. The predicted molar refractivity (Wildman–Crippen MR) is 200 cm³/mol. The fourth-order valence-electron chi connectivity index (χ4n) is 7.32. The first-order valence-electron chi connectivity index (χ1n) is 21.0. The van der Waals surface area contributed by atoms with Crippen molar-refractivity contribution in [2.24, 2.45) is 23.7 Å². The van der Waals surface area contributed by atoms with E-state index in [1.807, 2.05) is 0 Å². The van der Waals surface area contributed by atoms with Gasteiger partial charge in [0, 0.05) is 0 Å². The molecule has 0 aliphatic heterocycles. The van der Waals surface area contributed by atoms with Gasteiger partial charge in [-0.2, -0.15) is 0 Å².